The number of imidazole rings is 1. The maximum absolute atomic E-state index is 12.2. The number of fused-ring (bicyclic) bond motifs is 1. The Morgan fingerprint density at radius 1 is 1.21 bits per heavy atom. The molecule has 2 heterocycles. The van der Waals surface area contributed by atoms with Gasteiger partial charge in [0.05, 0.1) is 11.6 Å². The smallest absolute Gasteiger partial charge is 0.282 e. The molecule has 0 fully saturated rings. The van der Waals surface area contributed by atoms with Crippen LogP contribution in [0.5, 0.6) is 0 Å². The quantitative estimate of drug-likeness (QED) is 0.658. The number of hydrogen-bond acceptors (Lipinski definition) is 3. The Bertz CT molecular complexity index is 805. The molecule has 0 spiro atoms. The van der Waals surface area contributed by atoms with Crippen LogP contribution in [0.2, 0.25) is 0 Å². The molecule has 1 aromatic carbocycles. The Labute approximate surface area is 109 Å². The van der Waals surface area contributed by atoms with Gasteiger partial charge in [0.25, 0.3) is 5.56 Å². The van der Waals surface area contributed by atoms with Crippen molar-refractivity contribution in [3.05, 3.63) is 58.8 Å². The lowest BCUT2D eigenvalue weighted by atomic mass is 10.1. The van der Waals surface area contributed by atoms with Crippen LogP contribution in [-0.4, -0.2) is 14.1 Å². The van der Waals surface area contributed by atoms with Crippen molar-refractivity contribution in [2.75, 3.05) is 0 Å². The van der Waals surface area contributed by atoms with Crippen molar-refractivity contribution >= 4 is 0 Å². The zero-order valence-corrected chi connectivity index (χ0v) is 10.2. The van der Waals surface area contributed by atoms with Gasteiger partial charge < -0.3 is 4.57 Å². The Kier molecular flexibility index (Phi) is 2.43. The fraction of sp³-hybridized carbons (Fsp3) is 0.0714. The molecular weight excluding hydrogens is 240 g/mol. The number of rotatable bonds is 1. The van der Waals surface area contributed by atoms with E-state index in [-0.39, 0.29) is 5.56 Å². The molecule has 0 atom stereocenters. The van der Waals surface area contributed by atoms with Gasteiger partial charge in [-0.3, -0.25) is 9.36 Å². The maximum atomic E-state index is 12.2. The van der Waals surface area contributed by atoms with Crippen LogP contribution >= 0.6 is 0 Å². The van der Waals surface area contributed by atoms with Crippen molar-refractivity contribution in [3.8, 4) is 23.1 Å². The number of nitriles is 1. The molecule has 0 radical (unpaired) electrons. The zero-order valence-electron chi connectivity index (χ0n) is 10.2. The van der Waals surface area contributed by atoms with Crippen molar-refractivity contribution in [2.24, 2.45) is 7.05 Å². The second-order valence-electron chi connectivity index (χ2n) is 4.28. The average molecular weight is 250 g/mol. The monoisotopic (exact) mass is 250 g/mol. The molecule has 0 unspecified atom stereocenters. The summed E-state index contributed by atoms with van der Waals surface area (Å²) in [5.74, 6) is 0.606. The van der Waals surface area contributed by atoms with Crippen LogP contribution < -0.4 is 5.56 Å². The van der Waals surface area contributed by atoms with Crippen molar-refractivity contribution < 1.29 is 0 Å². The van der Waals surface area contributed by atoms with E-state index in [4.69, 9.17) is 5.26 Å². The highest BCUT2D eigenvalue weighted by Gasteiger charge is 2.15. The number of benzene rings is 1. The van der Waals surface area contributed by atoms with Gasteiger partial charge in [-0.1, -0.05) is 12.1 Å². The number of nitrogens with zero attached hydrogens (tertiary/aromatic N) is 4. The Morgan fingerprint density at radius 2 is 1.95 bits per heavy atom. The first-order valence-electron chi connectivity index (χ1n) is 5.74. The molecule has 3 rings (SSSR count). The van der Waals surface area contributed by atoms with Crippen molar-refractivity contribution in [2.45, 2.75) is 0 Å². The molecule has 0 aromatic heterocycles. The molecule has 2 aliphatic heterocycles. The summed E-state index contributed by atoms with van der Waals surface area (Å²) >= 11 is 0. The topological polar surface area (TPSA) is 63.6 Å². The van der Waals surface area contributed by atoms with Gasteiger partial charge in [-0.15, -0.1) is 0 Å². The van der Waals surface area contributed by atoms with Crippen LogP contribution in [0.4, 0.5) is 0 Å². The Morgan fingerprint density at radius 3 is 2.63 bits per heavy atom. The van der Waals surface area contributed by atoms with Gasteiger partial charge >= 0.3 is 0 Å². The summed E-state index contributed by atoms with van der Waals surface area (Å²) in [4.78, 5) is 16.6. The van der Waals surface area contributed by atoms with Gasteiger partial charge in [0, 0.05) is 31.2 Å². The van der Waals surface area contributed by atoms with E-state index >= 15 is 0 Å². The second kappa shape index (κ2) is 4.10. The summed E-state index contributed by atoms with van der Waals surface area (Å²) in [5.41, 5.74) is 1.53. The number of hydrogen-bond donors (Lipinski definition) is 0. The van der Waals surface area contributed by atoms with Gasteiger partial charge in [-0.05, 0) is 12.1 Å². The third-order valence-corrected chi connectivity index (χ3v) is 2.95. The summed E-state index contributed by atoms with van der Waals surface area (Å²) in [6, 6.07) is 8.88. The molecule has 5 heteroatoms. The van der Waals surface area contributed by atoms with Gasteiger partial charge in [-0.2, -0.15) is 5.26 Å². The van der Waals surface area contributed by atoms with Crippen LogP contribution in [0.1, 0.15) is 5.56 Å². The van der Waals surface area contributed by atoms with Crippen LogP contribution in [0.25, 0.3) is 17.1 Å². The van der Waals surface area contributed by atoms with Crippen LogP contribution in [-0.2, 0) is 7.05 Å². The van der Waals surface area contributed by atoms with Crippen LogP contribution in [0.3, 0.4) is 0 Å². The standard InChI is InChI=1S/C14H10N4O/c1-17-6-7-18-12(9-17)16-13(14(18)19)11-4-2-10(8-15)3-5-11/h2-7,9H,1H3. The minimum Gasteiger partial charge on any atom is -0.352 e. The lowest BCUT2D eigenvalue weighted by molar-refractivity contribution is 0.837. The van der Waals surface area contributed by atoms with Crippen molar-refractivity contribution in [3.63, 3.8) is 0 Å². The first kappa shape index (κ1) is 11.2. The van der Waals surface area contributed by atoms with E-state index in [1.807, 2.05) is 17.7 Å². The molecule has 19 heavy (non-hydrogen) atoms. The molecule has 92 valence electrons. The fourth-order valence-electron chi connectivity index (χ4n) is 1.96. The summed E-state index contributed by atoms with van der Waals surface area (Å²) < 4.78 is 3.35. The van der Waals surface area contributed by atoms with Gasteiger partial charge in [0.2, 0.25) is 0 Å². The first-order chi connectivity index (χ1) is 9.19. The highest BCUT2D eigenvalue weighted by atomic mass is 16.1. The molecule has 2 aliphatic rings. The van der Waals surface area contributed by atoms with E-state index in [1.54, 1.807) is 42.9 Å². The lowest BCUT2D eigenvalue weighted by Crippen LogP contribution is -2.14. The molecule has 5 nitrogen and oxygen atoms in total. The molecule has 0 bridgehead atoms. The Hall–Kier alpha value is -2.87. The highest BCUT2D eigenvalue weighted by Crippen LogP contribution is 2.17. The average Bonchev–Trinajstić information content (AvgIpc) is 2.75. The normalized spacial score (nSPS) is 10.5. The minimum atomic E-state index is -0.152. The van der Waals surface area contributed by atoms with E-state index < -0.39 is 0 Å². The van der Waals surface area contributed by atoms with E-state index in [9.17, 15) is 4.79 Å². The van der Waals surface area contributed by atoms with Crippen molar-refractivity contribution in [1.29, 1.82) is 5.26 Å². The largest absolute Gasteiger partial charge is 0.352 e. The number of aryl methyl sites for hydroxylation is 1. The molecule has 0 saturated carbocycles. The van der Waals surface area contributed by atoms with E-state index in [1.165, 1.54) is 4.57 Å². The fourth-order valence-corrected chi connectivity index (χ4v) is 1.96. The Balaban J connectivity index is 2.20. The summed E-state index contributed by atoms with van der Waals surface area (Å²) in [7, 11) is 1.88. The van der Waals surface area contributed by atoms with Gasteiger partial charge in [0.15, 0.2) is 5.82 Å². The van der Waals surface area contributed by atoms with E-state index in [2.05, 4.69) is 4.98 Å². The molecule has 0 N–H and O–H groups in total. The maximum Gasteiger partial charge on any atom is 0.282 e. The van der Waals surface area contributed by atoms with E-state index in [0.29, 0.717) is 17.1 Å². The predicted octanol–water partition coefficient (Wildman–Crippen LogP) is 1.55. The van der Waals surface area contributed by atoms with Crippen LogP contribution in [0.15, 0.2) is 47.7 Å². The van der Waals surface area contributed by atoms with Crippen molar-refractivity contribution in [1.82, 2.24) is 14.1 Å². The number of aromatic nitrogens is 3. The minimum absolute atomic E-state index is 0.152. The third-order valence-electron chi connectivity index (χ3n) is 2.95. The summed E-state index contributed by atoms with van der Waals surface area (Å²) in [6.07, 6.45) is 5.27. The molecule has 0 saturated heterocycles. The van der Waals surface area contributed by atoms with Gasteiger partial charge in [-0.25, -0.2) is 4.98 Å². The lowest BCUT2D eigenvalue weighted by Gasteiger charge is -2.02. The molecule has 0 amide bonds. The SMILES string of the molecule is Cn1ccn2c(=O)c(-c3ccc(C#N)cc3)nc-2c1. The van der Waals surface area contributed by atoms with E-state index in [0.717, 1.165) is 5.56 Å². The summed E-state index contributed by atoms with van der Waals surface area (Å²) in [5, 5.41) is 8.76. The molecule has 1 aromatic rings. The van der Waals surface area contributed by atoms with Crippen LogP contribution in [0, 0.1) is 11.3 Å². The second-order valence-corrected chi connectivity index (χ2v) is 4.28. The highest BCUT2D eigenvalue weighted by molar-refractivity contribution is 5.61. The predicted molar refractivity (Wildman–Crippen MR) is 70.1 cm³/mol. The zero-order chi connectivity index (χ0) is 13.4. The third kappa shape index (κ3) is 1.79. The summed E-state index contributed by atoms with van der Waals surface area (Å²) in [6.45, 7) is 0. The first-order valence-corrected chi connectivity index (χ1v) is 5.74. The molecule has 0 aliphatic carbocycles. The van der Waals surface area contributed by atoms with Gasteiger partial charge in [0.1, 0.15) is 5.69 Å². The molecular formula is C14H10N4O.